The van der Waals surface area contributed by atoms with Gasteiger partial charge in [-0.15, -0.1) is 0 Å². The molecule has 0 saturated heterocycles. The molecule has 1 aliphatic rings. The van der Waals surface area contributed by atoms with Gasteiger partial charge in [0.1, 0.15) is 0 Å². The first-order valence-corrected chi connectivity index (χ1v) is 6.73. The van der Waals surface area contributed by atoms with E-state index in [1.54, 1.807) is 0 Å². The number of benzene rings is 1. The van der Waals surface area contributed by atoms with Gasteiger partial charge in [0.25, 0.3) is 0 Å². The highest BCUT2D eigenvalue weighted by Crippen LogP contribution is 2.60. The second-order valence-corrected chi connectivity index (χ2v) is 6.29. The molecule has 0 N–H and O–H groups in total. The lowest BCUT2D eigenvalue weighted by molar-refractivity contribution is -0.113. The molecule has 96 valence electrons. The molecule has 0 amide bonds. The highest BCUT2D eigenvalue weighted by atomic mass is 35.5. The van der Waals surface area contributed by atoms with Gasteiger partial charge in [0.15, 0.2) is 0 Å². The number of hydrogen-bond acceptors (Lipinski definition) is 1. The lowest BCUT2D eigenvalue weighted by atomic mass is 10.0. The van der Waals surface area contributed by atoms with Crippen molar-refractivity contribution in [1.29, 1.82) is 0 Å². The van der Waals surface area contributed by atoms with Gasteiger partial charge in [0.2, 0.25) is 5.24 Å². The van der Waals surface area contributed by atoms with Crippen molar-refractivity contribution in [3.63, 3.8) is 0 Å². The smallest absolute Gasteiger partial charge is 0.225 e. The maximum absolute atomic E-state index is 11.3. The van der Waals surface area contributed by atoms with E-state index in [1.165, 1.54) is 0 Å². The largest absolute Gasteiger partial charge is 0.281 e. The lowest BCUT2D eigenvalue weighted by Gasteiger charge is -2.03. The molecule has 1 aliphatic carbocycles. The van der Waals surface area contributed by atoms with Gasteiger partial charge in [-0.25, -0.2) is 0 Å². The minimum Gasteiger partial charge on any atom is -0.281 e. The Labute approximate surface area is 118 Å². The fourth-order valence-corrected chi connectivity index (χ4v) is 3.04. The summed E-state index contributed by atoms with van der Waals surface area (Å²) in [6.07, 6.45) is 2.15. The van der Waals surface area contributed by atoms with Crippen molar-refractivity contribution in [2.24, 2.45) is 17.3 Å². The molecule has 0 heterocycles. The van der Waals surface area contributed by atoms with E-state index in [0.717, 1.165) is 16.2 Å². The normalized spacial score (nSPS) is 25.9. The van der Waals surface area contributed by atoms with Crippen molar-refractivity contribution >= 4 is 34.0 Å². The molecule has 1 nitrogen and oxygen atoms in total. The predicted molar refractivity (Wildman–Crippen MR) is 76.7 cm³/mol. The summed E-state index contributed by atoms with van der Waals surface area (Å²) in [5.74, 6) is 0.180. The van der Waals surface area contributed by atoms with E-state index >= 15 is 0 Å². The van der Waals surface area contributed by atoms with Crippen LogP contribution in [0.15, 0.2) is 30.3 Å². The standard InChI is InChI=1S/C15H16Cl2O/c1-9(10-4-6-11(16)7-5-10)8-12-13(14(17)18)15(12,2)3/h4-8,12-13H,1-3H3/b9-8+. The van der Waals surface area contributed by atoms with Gasteiger partial charge in [-0.3, -0.25) is 4.79 Å². The second kappa shape index (κ2) is 4.71. The molecule has 2 atom stereocenters. The number of allylic oxidation sites excluding steroid dienone is 2. The number of carbonyl (C=O) groups is 1. The first kappa shape index (κ1) is 13.6. The molecule has 0 aromatic heterocycles. The SMILES string of the molecule is C/C(=C\C1C(C(=O)Cl)C1(C)C)c1ccc(Cl)cc1. The summed E-state index contributed by atoms with van der Waals surface area (Å²) < 4.78 is 0. The zero-order valence-corrected chi connectivity index (χ0v) is 12.2. The topological polar surface area (TPSA) is 17.1 Å². The lowest BCUT2D eigenvalue weighted by Crippen LogP contribution is -1.96. The van der Waals surface area contributed by atoms with Crippen molar-refractivity contribution in [2.45, 2.75) is 20.8 Å². The summed E-state index contributed by atoms with van der Waals surface area (Å²) in [4.78, 5) is 11.3. The predicted octanol–water partition coefficient (Wildman–Crippen LogP) is 4.78. The fourth-order valence-electron chi connectivity index (χ4n) is 2.50. The van der Waals surface area contributed by atoms with Crippen molar-refractivity contribution < 1.29 is 4.79 Å². The third-order valence-electron chi connectivity index (χ3n) is 3.88. The van der Waals surface area contributed by atoms with Crippen LogP contribution in [0.3, 0.4) is 0 Å². The van der Waals surface area contributed by atoms with Crippen LogP contribution in [0.2, 0.25) is 5.02 Å². The Morgan fingerprint density at radius 3 is 2.28 bits per heavy atom. The highest BCUT2D eigenvalue weighted by molar-refractivity contribution is 6.64. The Morgan fingerprint density at radius 2 is 1.83 bits per heavy atom. The van der Waals surface area contributed by atoms with E-state index in [9.17, 15) is 4.79 Å². The molecule has 1 aromatic carbocycles. The van der Waals surface area contributed by atoms with Crippen LogP contribution in [0.1, 0.15) is 26.3 Å². The van der Waals surface area contributed by atoms with E-state index in [1.807, 2.05) is 31.2 Å². The van der Waals surface area contributed by atoms with E-state index in [2.05, 4.69) is 19.9 Å². The average molecular weight is 283 g/mol. The van der Waals surface area contributed by atoms with Crippen LogP contribution >= 0.6 is 23.2 Å². The molecule has 2 rings (SSSR count). The minimum absolute atomic E-state index is 0.0213. The monoisotopic (exact) mass is 282 g/mol. The molecule has 0 bridgehead atoms. The zero-order valence-electron chi connectivity index (χ0n) is 10.7. The summed E-state index contributed by atoms with van der Waals surface area (Å²) in [6.45, 7) is 6.20. The minimum atomic E-state index is -0.231. The third kappa shape index (κ3) is 2.48. The van der Waals surface area contributed by atoms with Gasteiger partial charge >= 0.3 is 0 Å². The average Bonchev–Trinajstić information content (AvgIpc) is 2.81. The van der Waals surface area contributed by atoms with E-state index in [-0.39, 0.29) is 22.5 Å². The van der Waals surface area contributed by atoms with Crippen molar-refractivity contribution in [2.75, 3.05) is 0 Å². The van der Waals surface area contributed by atoms with Gasteiger partial charge in [0.05, 0.1) is 0 Å². The van der Waals surface area contributed by atoms with E-state index in [4.69, 9.17) is 23.2 Å². The Bertz CT molecular complexity index is 500. The summed E-state index contributed by atoms with van der Waals surface area (Å²) in [5, 5.41) is 0.497. The van der Waals surface area contributed by atoms with Gasteiger partial charge in [-0.1, -0.05) is 43.7 Å². The summed E-state index contributed by atoms with van der Waals surface area (Å²) in [7, 11) is 0. The molecule has 1 fully saturated rings. The highest BCUT2D eigenvalue weighted by Gasteiger charge is 2.59. The maximum Gasteiger partial charge on any atom is 0.225 e. The van der Waals surface area contributed by atoms with Crippen LogP contribution in [-0.4, -0.2) is 5.24 Å². The molecule has 0 spiro atoms. The number of rotatable bonds is 3. The first-order valence-electron chi connectivity index (χ1n) is 5.97. The Balaban J connectivity index is 2.20. The molecule has 2 unspecified atom stereocenters. The quantitative estimate of drug-likeness (QED) is 0.729. The molecule has 1 aromatic rings. The van der Waals surface area contributed by atoms with Crippen LogP contribution in [0.5, 0.6) is 0 Å². The summed E-state index contributed by atoms with van der Waals surface area (Å²) in [6, 6.07) is 7.72. The molecule has 3 heteroatoms. The summed E-state index contributed by atoms with van der Waals surface area (Å²) >= 11 is 11.5. The Kier molecular flexibility index (Phi) is 3.57. The van der Waals surface area contributed by atoms with Crippen molar-refractivity contribution in [3.05, 3.63) is 40.9 Å². The van der Waals surface area contributed by atoms with Crippen LogP contribution in [0, 0.1) is 17.3 Å². The van der Waals surface area contributed by atoms with Crippen LogP contribution < -0.4 is 0 Å². The van der Waals surface area contributed by atoms with Crippen LogP contribution in [0.25, 0.3) is 5.57 Å². The molecule has 0 radical (unpaired) electrons. The molecule has 0 aliphatic heterocycles. The van der Waals surface area contributed by atoms with Gasteiger partial charge < -0.3 is 0 Å². The number of halogens is 2. The first-order chi connectivity index (χ1) is 8.34. The second-order valence-electron chi connectivity index (χ2n) is 5.49. The third-order valence-corrected chi connectivity index (χ3v) is 4.37. The van der Waals surface area contributed by atoms with E-state index < -0.39 is 0 Å². The zero-order chi connectivity index (χ0) is 13.5. The number of hydrogen-bond donors (Lipinski definition) is 0. The van der Waals surface area contributed by atoms with Crippen molar-refractivity contribution in [1.82, 2.24) is 0 Å². The van der Waals surface area contributed by atoms with E-state index in [0.29, 0.717) is 0 Å². The molecule has 18 heavy (non-hydrogen) atoms. The number of carbonyl (C=O) groups excluding carboxylic acids is 1. The van der Waals surface area contributed by atoms with Gasteiger partial charge in [0, 0.05) is 10.9 Å². The van der Waals surface area contributed by atoms with Gasteiger partial charge in [-0.05, 0) is 53.1 Å². The fraction of sp³-hybridized carbons (Fsp3) is 0.400. The molecule has 1 saturated carbocycles. The van der Waals surface area contributed by atoms with Crippen molar-refractivity contribution in [3.8, 4) is 0 Å². The molecular formula is C15H16Cl2O. The summed E-state index contributed by atoms with van der Waals surface area (Å²) in [5.41, 5.74) is 2.26. The Morgan fingerprint density at radius 1 is 1.28 bits per heavy atom. The maximum atomic E-state index is 11.3. The molecular weight excluding hydrogens is 267 g/mol. The van der Waals surface area contributed by atoms with Gasteiger partial charge in [-0.2, -0.15) is 0 Å². The Hall–Kier alpha value is -0.790. The van der Waals surface area contributed by atoms with Crippen LogP contribution in [-0.2, 0) is 4.79 Å². The van der Waals surface area contributed by atoms with Crippen LogP contribution in [0.4, 0.5) is 0 Å².